The summed E-state index contributed by atoms with van der Waals surface area (Å²) in [4.78, 5) is 0. The van der Waals surface area contributed by atoms with E-state index in [0.717, 1.165) is 17.3 Å². The van der Waals surface area contributed by atoms with Crippen molar-refractivity contribution in [3.8, 4) is 0 Å². The van der Waals surface area contributed by atoms with E-state index in [1.807, 2.05) is 19.1 Å². The highest BCUT2D eigenvalue weighted by molar-refractivity contribution is 9.09. The van der Waals surface area contributed by atoms with Gasteiger partial charge in [0.1, 0.15) is 5.82 Å². The van der Waals surface area contributed by atoms with Crippen molar-refractivity contribution in [3.63, 3.8) is 0 Å². The number of hydrogen-bond donors (Lipinski definition) is 0. The molecule has 1 rings (SSSR count). The molecule has 0 saturated carbocycles. The van der Waals surface area contributed by atoms with E-state index in [-0.39, 0.29) is 5.82 Å². The number of benzene rings is 1. The Bertz CT molecular complexity index is 320. The molecular weight excluding hydrogens is 255 g/mol. The van der Waals surface area contributed by atoms with Crippen LogP contribution < -0.4 is 0 Å². The van der Waals surface area contributed by atoms with Crippen LogP contribution >= 0.6 is 15.9 Å². The number of aryl methyl sites for hydroxylation is 1. The minimum absolute atomic E-state index is 0.111. The lowest BCUT2D eigenvalue weighted by Crippen LogP contribution is -2.08. The van der Waals surface area contributed by atoms with Crippen LogP contribution in [0, 0.1) is 18.7 Å². The normalized spacial score (nSPS) is 13.2. The standard InChI is InChI=1S/C13H18BrF/c1-9(2)12(6-7-14)11-4-5-13(15)10(3)8-11/h4-5,8-9,12H,6-7H2,1-3H3. The Morgan fingerprint density at radius 3 is 2.47 bits per heavy atom. The molecule has 0 radical (unpaired) electrons. The van der Waals surface area contributed by atoms with Gasteiger partial charge < -0.3 is 0 Å². The van der Waals surface area contributed by atoms with Crippen molar-refractivity contribution in [2.75, 3.05) is 5.33 Å². The molecule has 1 aromatic rings. The van der Waals surface area contributed by atoms with Gasteiger partial charge in [0, 0.05) is 5.33 Å². The van der Waals surface area contributed by atoms with Crippen molar-refractivity contribution < 1.29 is 4.39 Å². The summed E-state index contributed by atoms with van der Waals surface area (Å²) in [6.07, 6.45) is 1.10. The SMILES string of the molecule is Cc1cc(C(CCBr)C(C)C)ccc1F. The van der Waals surface area contributed by atoms with Gasteiger partial charge in [-0.25, -0.2) is 4.39 Å². The molecule has 0 amide bonds. The van der Waals surface area contributed by atoms with Gasteiger partial charge in [-0.3, -0.25) is 0 Å². The second-order valence-corrected chi connectivity index (χ2v) is 5.13. The summed E-state index contributed by atoms with van der Waals surface area (Å²) in [5.74, 6) is 0.996. The van der Waals surface area contributed by atoms with Crippen LogP contribution in [0.3, 0.4) is 0 Å². The zero-order valence-electron chi connectivity index (χ0n) is 9.56. The molecule has 0 heterocycles. The summed E-state index contributed by atoms with van der Waals surface area (Å²) in [5.41, 5.74) is 2.00. The van der Waals surface area contributed by atoms with Crippen LogP contribution in [0.1, 0.15) is 37.3 Å². The van der Waals surface area contributed by atoms with Crippen LogP contribution in [0.25, 0.3) is 0 Å². The topological polar surface area (TPSA) is 0 Å². The van der Waals surface area contributed by atoms with Gasteiger partial charge in [0.25, 0.3) is 0 Å². The number of rotatable bonds is 4. The van der Waals surface area contributed by atoms with E-state index in [1.165, 1.54) is 5.56 Å². The summed E-state index contributed by atoms with van der Waals surface area (Å²) < 4.78 is 13.1. The van der Waals surface area contributed by atoms with E-state index in [9.17, 15) is 4.39 Å². The molecule has 0 aliphatic carbocycles. The van der Waals surface area contributed by atoms with Crippen molar-refractivity contribution in [1.29, 1.82) is 0 Å². The molecule has 1 aromatic carbocycles. The molecular formula is C13H18BrF. The Morgan fingerprint density at radius 1 is 1.33 bits per heavy atom. The maximum atomic E-state index is 13.1. The van der Waals surface area contributed by atoms with Gasteiger partial charge in [0.05, 0.1) is 0 Å². The van der Waals surface area contributed by atoms with Gasteiger partial charge in [0.15, 0.2) is 0 Å². The molecule has 15 heavy (non-hydrogen) atoms. The minimum atomic E-state index is -0.111. The third-order valence-electron chi connectivity index (χ3n) is 2.84. The van der Waals surface area contributed by atoms with Crippen molar-refractivity contribution in [2.24, 2.45) is 5.92 Å². The van der Waals surface area contributed by atoms with Gasteiger partial charge in [-0.05, 0) is 42.4 Å². The summed E-state index contributed by atoms with van der Waals surface area (Å²) in [5, 5.41) is 0.992. The highest BCUT2D eigenvalue weighted by atomic mass is 79.9. The third-order valence-corrected chi connectivity index (χ3v) is 3.29. The van der Waals surface area contributed by atoms with E-state index in [1.54, 1.807) is 6.07 Å². The van der Waals surface area contributed by atoms with Gasteiger partial charge >= 0.3 is 0 Å². The lowest BCUT2D eigenvalue weighted by molar-refractivity contribution is 0.487. The second-order valence-electron chi connectivity index (χ2n) is 4.34. The molecule has 1 unspecified atom stereocenters. The molecule has 0 bridgehead atoms. The fraction of sp³-hybridized carbons (Fsp3) is 0.538. The second kappa shape index (κ2) is 5.64. The summed E-state index contributed by atoms with van der Waals surface area (Å²) >= 11 is 3.47. The maximum Gasteiger partial charge on any atom is 0.126 e. The molecule has 0 saturated heterocycles. The summed E-state index contributed by atoms with van der Waals surface area (Å²) in [6.45, 7) is 6.25. The van der Waals surface area contributed by atoms with Crippen LogP contribution in [0.2, 0.25) is 0 Å². The predicted molar refractivity (Wildman–Crippen MR) is 67.1 cm³/mol. The van der Waals surface area contributed by atoms with Crippen molar-refractivity contribution in [2.45, 2.75) is 33.1 Å². The zero-order valence-corrected chi connectivity index (χ0v) is 11.1. The van der Waals surface area contributed by atoms with Crippen LogP contribution in [-0.4, -0.2) is 5.33 Å². The van der Waals surface area contributed by atoms with E-state index in [2.05, 4.69) is 29.8 Å². The molecule has 0 aliphatic heterocycles. The summed E-state index contributed by atoms with van der Waals surface area (Å²) in [6, 6.07) is 5.46. The minimum Gasteiger partial charge on any atom is -0.207 e. The smallest absolute Gasteiger partial charge is 0.126 e. The number of alkyl halides is 1. The quantitative estimate of drug-likeness (QED) is 0.700. The predicted octanol–water partition coefficient (Wildman–Crippen LogP) is 4.66. The Labute approximate surface area is 100 Å². The van der Waals surface area contributed by atoms with Crippen molar-refractivity contribution in [3.05, 3.63) is 35.1 Å². The number of hydrogen-bond acceptors (Lipinski definition) is 0. The van der Waals surface area contributed by atoms with E-state index < -0.39 is 0 Å². The lowest BCUT2D eigenvalue weighted by Gasteiger charge is -2.20. The van der Waals surface area contributed by atoms with E-state index >= 15 is 0 Å². The molecule has 84 valence electrons. The van der Waals surface area contributed by atoms with Gasteiger partial charge in [-0.1, -0.05) is 41.9 Å². The lowest BCUT2D eigenvalue weighted by atomic mass is 9.86. The van der Waals surface area contributed by atoms with Crippen LogP contribution in [-0.2, 0) is 0 Å². The average Bonchev–Trinajstić information content (AvgIpc) is 2.18. The monoisotopic (exact) mass is 272 g/mol. The summed E-state index contributed by atoms with van der Waals surface area (Å²) in [7, 11) is 0. The first-order valence-electron chi connectivity index (χ1n) is 5.38. The first-order chi connectivity index (χ1) is 7.06. The fourth-order valence-electron chi connectivity index (χ4n) is 1.90. The molecule has 0 aliphatic rings. The first-order valence-corrected chi connectivity index (χ1v) is 6.50. The molecule has 0 fully saturated rings. The molecule has 0 N–H and O–H groups in total. The fourth-order valence-corrected chi connectivity index (χ4v) is 2.39. The van der Waals surface area contributed by atoms with Gasteiger partial charge in [-0.15, -0.1) is 0 Å². The van der Waals surface area contributed by atoms with Crippen LogP contribution in [0.5, 0.6) is 0 Å². The molecule has 1 atom stereocenters. The van der Waals surface area contributed by atoms with Crippen molar-refractivity contribution >= 4 is 15.9 Å². The van der Waals surface area contributed by atoms with Crippen LogP contribution in [0.15, 0.2) is 18.2 Å². The zero-order chi connectivity index (χ0) is 11.4. The maximum absolute atomic E-state index is 13.1. The molecule has 0 aromatic heterocycles. The average molecular weight is 273 g/mol. The molecule has 0 spiro atoms. The Hall–Kier alpha value is -0.370. The van der Waals surface area contributed by atoms with E-state index in [4.69, 9.17) is 0 Å². The third kappa shape index (κ3) is 3.30. The Balaban J connectivity index is 2.95. The molecule has 2 heteroatoms. The highest BCUT2D eigenvalue weighted by Gasteiger charge is 2.15. The van der Waals surface area contributed by atoms with E-state index in [0.29, 0.717) is 11.8 Å². The Morgan fingerprint density at radius 2 is 2.00 bits per heavy atom. The van der Waals surface area contributed by atoms with Crippen molar-refractivity contribution in [1.82, 2.24) is 0 Å². The first kappa shape index (κ1) is 12.7. The Kier molecular flexibility index (Phi) is 4.78. The highest BCUT2D eigenvalue weighted by Crippen LogP contribution is 2.29. The van der Waals surface area contributed by atoms with Crippen LogP contribution in [0.4, 0.5) is 4.39 Å². The van der Waals surface area contributed by atoms with Gasteiger partial charge in [0.2, 0.25) is 0 Å². The number of halogens is 2. The largest absolute Gasteiger partial charge is 0.207 e. The molecule has 0 nitrogen and oxygen atoms in total. The van der Waals surface area contributed by atoms with Gasteiger partial charge in [-0.2, -0.15) is 0 Å².